The lowest BCUT2D eigenvalue weighted by Gasteiger charge is -2.19. The normalized spacial score (nSPS) is 14.7. The van der Waals surface area contributed by atoms with E-state index in [0.29, 0.717) is 37.0 Å². The van der Waals surface area contributed by atoms with Crippen LogP contribution in [-0.4, -0.2) is 83.1 Å². The number of methoxy groups -OCH3 is 2. The molecular formula is C33H35Cl2N7O6. The maximum absolute atomic E-state index is 14.5. The molecule has 2 aromatic carbocycles. The van der Waals surface area contributed by atoms with Gasteiger partial charge in [-0.15, -0.1) is 0 Å². The zero-order chi connectivity index (χ0) is 34.7. The highest BCUT2D eigenvalue weighted by molar-refractivity contribution is 6.41. The van der Waals surface area contributed by atoms with Gasteiger partial charge < -0.3 is 24.6 Å². The summed E-state index contributed by atoms with van der Waals surface area (Å²) in [7, 11) is 6.74. The molecule has 48 heavy (non-hydrogen) atoms. The van der Waals surface area contributed by atoms with Crippen molar-refractivity contribution in [2.24, 2.45) is 5.92 Å². The van der Waals surface area contributed by atoms with E-state index >= 15 is 0 Å². The van der Waals surface area contributed by atoms with E-state index < -0.39 is 10.5 Å². The Kier molecular flexibility index (Phi) is 10.5. The number of amides is 1. The van der Waals surface area contributed by atoms with Crippen LogP contribution in [0.1, 0.15) is 12.0 Å². The molecule has 4 aromatic rings. The number of fused-ring (bicyclic) bond motifs is 1. The molecule has 1 N–H and O–H groups in total. The molecule has 2 aromatic heterocycles. The summed E-state index contributed by atoms with van der Waals surface area (Å²) in [6.07, 6.45) is 5.57. The first-order valence-electron chi connectivity index (χ1n) is 15.1. The minimum atomic E-state index is -0.489. The number of pyridine rings is 1. The number of nitrogens with one attached hydrogen (secondary N) is 1. The molecule has 0 radical (unpaired) electrons. The van der Waals surface area contributed by atoms with Crippen molar-refractivity contribution in [3.63, 3.8) is 0 Å². The number of rotatable bonds is 11. The van der Waals surface area contributed by atoms with Crippen LogP contribution in [0.5, 0.6) is 11.5 Å². The highest BCUT2D eigenvalue weighted by atomic mass is 35.5. The molecule has 5 rings (SSSR count). The van der Waals surface area contributed by atoms with Gasteiger partial charge in [0.1, 0.15) is 22.8 Å². The van der Waals surface area contributed by atoms with Gasteiger partial charge in [-0.2, -0.15) is 4.98 Å². The Morgan fingerprint density at radius 2 is 1.90 bits per heavy atom. The largest absolute Gasteiger partial charge is 0.495 e. The third-order valence-electron chi connectivity index (χ3n) is 8.12. The molecule has 1 amide bonds. The van der Waals surface area contributed by atoms with Crippen molar-refractivity contribution < 1.29 is 19.2 Å². The van der Waals surface area contributed by atoms with Crippen LogP contribution in [0.4, 0.5) is 17.3 Å². The molecule has 252 valence electrons. The Balaban J connectivity index is 1.62. The standard InChI is InChI=1S/C33H35Cl2N7O6/c1-19-8-6-9-23(42(45)46)30(19)37-33-36-16-21-14-22(27-28(34)24(47-4)15-25(48-5)29(27)35)32(44)41(31(21)38-33)18-20-11-13-40(17-20)26(43)10-7-12-39(2)3/h6-10,14-16,20H,11-13,17-18H2,1-5H3,(H,36,37,38)/b10-7+. The molecule has 0 saturated carbocycles. The van der Waals surface area contributed by atoms with E-state index in [0.717, 1.165) is 0 Å². The van der Waals surface area contributed by atoms with Crippen LogP contribution in [0.25, 0.3) is 22.2 Å². The summed E-state index contributed by atoms with van der Waals surface area (Å²) in [5.41, 5.74) is 0.958. The average Bonchev–Trinajstić information content (AvgIpc) is 3.52. The number of carbonyl (C=O) groups excluding carboxylic acids is 1. The Labute approximate surface area is 286 Å². The van der Waals surface area contributed by atoms with E-state index in [-0.39, 0.29) is 74.0 Å². The fourth-order valence-corrected chi connectivity index (χ4v) is 6.38. The third-order valence-corrected chi connectivity index (χ3v) is 8.87. The van der Waals surface area contributed by atoms with Crippen molar-refractivity contribution >= 4 is 57.5 Å². The molecule has 13 nitrogen and oxygen atoms in total. The fraction of sp³-hybridized carbons (Fsp3) is 0.333. The van der Waals surface area contributed by atoms with Gasteiger partial charge in [-0.25, -0.2) is 4.98 Å². The average molecular weight is 697 g/mol. The van der Waals surface area contributed by atoms with Gasteiger partial charge in [0.2, 0.25) is 11.9 Å². The van der Waals surface area contributed by atoms with Crippen LogP contribution in [-0.2, 0) is 11.3 Å². The van der Waals surface area contributed by atoms with Crippen molar-refractivity contribution in [2.75, 3.05) is 53.3 Å². The summed E-state index contributed by atoms with van der Waals surface area (Å²) in [4.78, 5) is 51.4. The maximum atomic E-state index is 14.5. The minimum absolute atomic E-state index is 0.0640. The van der Waals surface area contributed by atoms with E-state index in [1.807, 2.05) is 25.1 Å². The summed E-state index contributed by atoms with van der Waals surface area (Å²) in [5, 5.41) is 15.5. The number of hydrogen-bond acceptors (Lipinski definition) is 10. The lowest BCUT2D eigenvalue weighted by Crippen LogP contribution is -2.30. The molecule has 1 atom stereocenters. The number of benzene rings is 2. The van der Waals surface area contributed by atoms with Crippen LogP contribution in [0.2, 0.25) is 10.0 Å². The number of carbonyl (C=O) groups is 1. The van der Waals surface area contributed by atoms with E-state index in [4.69, 9.17) is 32.7 Å². The van der Waals surface area contributed by atoms with Gasteiger partial charge in [-0.05, 0) is 45.0 Å². The topological polar surface area (TPSA) is 145 Å². The Morgan fingerprint density at radius 3 is 2.54 bits per heavy atom. The van der Waals surface area contributed by atoms with Crippen molar-refractivity contribution in [3.05, 3.63) is 84.8 Å². The number of para-hydroxylation sites is 1. The lowest BCUT2D eigenvalue weighted by molar-refractivity contribution is -0.384. The quantitative estimate of drug-likeness (QED) is 0.118. The molecule has 1 unspecified atom stereocenters. The number of nitro benzene ring substituents is 1. The second-order valence-electron chi connectivity index (χ2n) is 11.7. The van der Waals surface area contributed by atoms with E-state index in [2.05, 4.69) is 15.3 Å². The second-order valence-corrected chi connectivity index (χ2v) is 12.4. The summed E-state index contributed by atoms with van der Waals surface area (Å²) in [6.45, 7) is 3.55. The first-order valence-corrected chi connectivity index (χ1v) is 15.8. The van der Waals surface area contributed by atoms with Crippen LogP contribution in [0, 0.1) is 23.0 Å². The summed E-state index contributed by atoms with van der Waals surface area (Å²) in [6, 6.07) is 7.85. The summed E-state index contributed by atoms with van der Waals surface area (Å²) in [5.74, 6) is 0.417. The van der Waals surface area contributed by atoms with Gasteiger partial charge in [0, 0.05) is 61.5 Å². The number of hydrogen-bond donors (Lipinski definition) is 1. The third kappa shape index (κ3) is 7.08. The van der Waals surface area contributed by atoms with E-state index in [1.165, 1.54) is 37.1 Å². The molecule has 1 saturated heterocycles. The van der Waals surface area contributed by atoms with Gasteiger partial charge in [0.25, 0.3) is 11.2 Å². The number of nitrogens with zero attached hydrogens (tertiary/aromatic N) is 6. The highest BCUT2D eigenvalue weighted by Crippen LogP contribution is 2.45. The molecule has 1 aliphatic heterocycles. The number of anilines is 2. The molecule has 1 fully saturated rings. The summed E-state index contributed by atoms with van der Waals surface area (Å²) < 4.78 is 12.4. The smallest absolute Gasteiger partial charge is 0.293 e. The minimum Gasteiger partial charge on any atom is -0.495 e. The van der Waals surface area contributed by atoms with Crippen LogP contribution < -0.4 is 20.3 Å². The zero-order valence-electron chi connectivity index (χ0n) is 27.1. The molecule has 1 aliphatic rings. The first-order chi connectivity index (χ1) is 22.9. The van der Waals surface area contributed by atoms with Crippen molar-refractivity contribution in [1.29, 1.82) is 0 Å². The number of halogens is 2. The van der Waals surface area contributed by atoms with Gasteiger partial charge >= 0.3 is 0 Å². The maximum Gasteiger partial charge on any atom is 0.293 e. The first kappa shape index (κ1) is 34.6. The van der Waals surface area contributed by atoms with Crippen LogP contribution in [0.3, 0.4) is 0 Å². The van der Waals surface area contributed by atoms with Gasteiger partial charge in [-0.3, -0.25) is 24.3 Å². The monoisotopic (exact) mass is 695 g/mol. The highest BCUT2D eigenvalue weighted by Gasteiger charge is 2.29. The summed E-state index contributed by atoms with van der Waals surface area (Å²) >= 11 is 13.5. The second kappa shape index (κ2) is 14.6. The van der Waals surface area contributed by atoms with E-state index in [9.17, 15) is 19.7 Å². The number of likely N-dealkylation sites (N-methyl/N-ethyl adjacent to an activating group) is 1. The molecule has 15 heteroatoms. The van der Waals surface area contributed by atoms with Crippen molar-refractivity contribution in [1.82, 2.24) is 24.3 Å². The molecule has 0 bridgehead atoms. The van der Waals surface area contributed by atoms with Crippen molar-refractivity contribution in [2.45, 2.75) is 19.9 Å². The number of nitro groups is 1. The zero-order valence-corrected chi connectivity index (χ0v) is 28.6. The molecule has 0 spiro atoms. The van der Waals surface area contributed by atoms with Gasteiger partial charge in [0.15, 0.2) is 0 Å². The molecule has 0 aliphatic carbocycles. The van der Waals surface area contributed by atoms with Crippen LogP contribution in [0.15, 0.2) is 53.5 Å². The molecular weight excluding hydrogens is 661 g/mol. The van der Waals surface area contributed by atoms with Crippen molar-refractivity contribution in [3.8, 4) is 22.6 Å². The Hall–Kier alpha value is -4.72. The van der Waals surface area contributed by atoms with Crippen LogP contribution >= 0.6 is 23.2 Å². The number of ether oxygens (including phenoxy) is 2. The predicted octanol–water partition coefficient (Wildman–Crippen LogP) is 5.71. The van der Waals surface area contributed by atoms with Gasteiger partial charge in [0.05, 0.1) is 34.8 Å². The SMILES string of the molecule is COc1cc(OC)c(Cl)c(-c2cc3cnc(Nc4c(C)cccc4[N+](=O)[O-])nc3n(CC3CCN(C(=O)/C=C/CN(C)C)C3)c2=O)c1Cl. The Bertz CT molecular complexity index is 1950. The number of likely N-dealkylation sites (tertiary alicyclic amines) is 1. The predicted molar refractivity (Wildman–Crippen MR) is 186 cm³/mol. The number of aromatic nitrogens is 3. The molecule has 3 heterocycles. The number of aryl methyl sites for hydroxylation is 1. The lowest BCUT2D eigenvalue weighted by atomic mass is 10.0. The Morgan fingerprint density at radius 1 is 1.19 bits per heavy atom. The fourth-order valence-electron chi connectivity index (χ4n) is 5.68. The van der Waals surface area contributed by atoms with Gasteiger partial charge in [-0.1, -0.05) is 41.4 Å². The van der Waals surface area contributed by atoms with E-state index in [1.54, 1.807) is 36.1 Å².